The molecule has 0 aliphatic heterocycles. The molecule has 1 aliphatic rings. The number of aliphatic hydroxyl groups is 1. The van der Waals surface area contributed by atoms with E-state index in [2.05, 4.69) is 0 Å². The second kappa shape index (κ2) is 5.39. The van der Waals surface area contributed by atoms with Crippen molar-refractivity contribution in [2.24, 2.45) is 5.92 Å². The maximum Gasteiger partial charge on any atom is 0.0595 e. The first-order valence-electron chi connectivity index (χ1n) is 5.79. The van der Waals surface area contributed by atoms with Crippen LogP contribution in [0.3, 0.4) is 0 Å². The number of halogens is 2. The summed E-state index contributed by atoms with van der Waals surface area (Å²) in [5.41, 5.74) is 1.20. The van der Waals surface area contributed by atoms with Gasteiger partial charge in [-0.1, -0.05) is 35.7 Å². The van der Waals surface area contributed by atoms with E-state index in [0.717, 1.165) is 32.1 Å². The molecule has 1 aliphatic carbocycles. The van der Waals surface area contributed by atoms with Crippen molar-refractivity contribution < 1.29 is 5.11 Å². The van der Waals surface area contributed by atoms with E-state index in [1.807, 2.05) is 18.2 Å². The fourth-order valence-electron chi connectivity index (χ4n) is 2.40. The first kappa shape index (κ1) is 12.2. The van der Waals surface area contributed by atoms with E-state index < -0.39 is 0 Å². The van der Waals surface area contributed by atoms with Crippen molar-refractivity contribution in [3.8, 4) is 0 Å². The maximum atomic E-state index is 9.72. The van der Waals surface area contributed by atoms with Crippen LogP contribution in [0.1, 0.15) is 31.2 Å². The van der Waals surface area contributed by atoms with E-state index in [1.54, 1.807) is 0 Å². The van der Waals surface area contributed by atoms with Crippen LogP contribution in [0.4, 0.5) is 0 Å². The Bertz CT molecular complexity index is 365. The largest absolute Gasteiger partial charge is 0.393 e. The number of aliphatic hydroxyl groups excluding tert-OH is 1. The average Bonchev–Trinajstić information content (AvgIpc) is 2.66. The Labute approximate surface area is 106 Å². The van der Waals surface area contributed by atoms with Crippen LogP contribution in [0.25, 0.3) is 0 Å². The molecule has 0 heterocycles. The third kappa shape index (κ3) is 2.91. The fraction of sp³-hybridized carbons (Fsp3) is 0.538. The molecule has 2 unspecified atom stereocenters. The van der Waals surface area contributed by atoms with Gasteiger partial charge in [-0.25, -0.2) is 0 Å². The van der Waals surface area contributed by atoms with E-state index in [-0.39, 0.29) is 6.10 Å². The summed E-state index contributed by atoms with van der Waals surface area (Å²) in [5, 5.41) is 10.9. The molecule has 1 N–H and O–H groups in total. The van der Waals surface area contributed by atoms with Gasteiger partial charge in [-0.3, -0.25) is 0 Å². The molecular formula is C13H16Cl2O. The van der Waals surface area contributed by atoms with Crippen LogP contribution < -0.4 is 0 Å². The second-order valence-electron chi connectivity index (χ2n) is 4.55. The van der Waals surface area contributed by atoms with Crippen LogP contribution in [0.5, 0.6) is 0 Å². The topological polar surface area (TPSA) is 20.2 Å². The highest BCUT2D eigenvalue weighted by molar-refractivity contribution is 6.42. The van der Waals surface area contributed by atoms with Crippen molar-refractivity contribution in [2.75, 3.05) is 0 Å². The Hall–Kier alpha value is -0.240. The molecule has 0 amide bonds. The Balaban J connectivity index is 1.91. The molecule has 0 saturated heterocycles. The van der Waals surface area contributed by atoms with E-state index in [9.17, 15) is 5.11 Å². The second-order valence-corrected chi connectivity index (χ2v) is 5.36. The predicted octanol–water partition coefficient (Wildman–Crippen LogP) is 4.09. The van der Waals surface area contributed by atoms with Crippen molar-refractivity contribution in [1.82, 2.24) is 0 Å². The number of hydrogen-bond acceptors (Lipinski definition) is 1. The molecular weight excluding hydrogens is 243 g/mol. The number of hydrogen-bond donors (Lipinski definition) is 1. The minimum Gasteiger partial charge on any atom is -0.393 e. The van der Waals surface area contributed by atoms with Gasteiger partial charge in [0.2, 0.25) is 0 Å². The van der Waals surface area contributed by atoms with Crippen LogP contribution >= 0.6 is 23.2 Å². The quantitative estimate of drug-likeness (QED) is 0.866. The Kier molecular flexibility index (Phi) is 4.12. The smallest absolute Gasteiger partial charge is 0.0595 e. The molecule has 2 atom stereocenters. The van der Waals surface area contributed by atoms with Gasteiger partial charge < -0.3 is 5.11 Å². The third-order valence-electron chi connectivity index (χ3n) is 3.41. The molecule has 1 nitrogen and oxygen atoms in total. The summed E-state index contributed by atoms with van der Waals surface area (Å²) < 4.78 is 0. The minimum atomic E-state index is -0.0947. The molecule has 0 aromatic heterocycles. The Morgan fingerprint density at radius 2 is 2.00 bits per heavy atom. The molecule has 1 fully saturated rings. The standard InChI is InChI=1S/C13H16Cl2O/c14-11-7-5-9(8-12(11)15)4-6-10-2-1-3-13(10)16/h5,7-8,10,13,16H,1-4,6H2. The van der Waals surface area contributed by atoms with Crippen molar-refractivity contribution in [3.05, 3.63) is 33.8 Å². The van der Waals surface area contributed by atoms with Gasteiger partial charge in [-0.2, -0.15) is 0 Å². The normalized spacial score (nSPS) is 24.9. The number of benzene rings is 1. The zero-order valence-corrected chi connectivity index (χ0v) is 10.6. The van der Waals surface area contributed by atoms with Crippen LogP contribution in [-0.4, -0.2) is 11.2 Å². The monoisotopic (exact) mass is 258 g/mol. The van der Waals surface area contributed by atoms with Gasteiger partial charge in [0.05, 0.1) is 16.1 Å². The highest BCUT2D eigenvalue weighted by Gasteiger charge is 2.24. The molecule has 0 spiro atoms. The lowest BCUT2D eigenvalue weighted by molar-refractivity contribution is 0.128. The zero-order chi connectivity index (χ0) is 11.5. The van der Waals surface area contributed by atoms with Gasteiger partial charge >= 0.3 is 0 Å². The summed E-state index contributed by atoms with van der Waals surface area (Å²) in [6.45, 7) is 0. The van der Waals surface area contributed by atoms with Crippen molar-refractivity contribution >= 4 is 23.2 Å². The Morgan fingerprint density at radius 1 is 1.19 bits per heavy atom. The van der Waals surface area contributed by atoms with Gasteiger partial charge in [0.1, 0.15) is 0 Å². The molecule has 16 heavy (non-hydrogen) atoms. The van der Waals surface area contributed by atoms with E-state index in [1.165, 1.54) is 5.56 Å². The number of aryl methyl sites for hydroxylation is 1. The first-order valence-corrected chi connectivity index (χ1v) is 6.54. The van der Waals surface area contributed by atoms with Crippen LogP contribution in [-0.2, 0) is 6.42 Å². The SMILES string of the molecule is OC1CCCC1CCc1ccc(Cl)c(Cl)c1. The molecule has 2 rings (SSSR count). The van der Waals surface area contributed by atoms with Gasteiger partial charge in [-0.05, 0) is 49.3 Å². The average molecular weight is 259 g/mol. The molecule has 1 aromatic rings. The van der Waals surface area contributed by atoms with Crippen LogP contribution in [0.15, 0.2) is 18.2 Å². The lowest BCUT2D eigenvalue weighted by Crippen LogP contribution is -2.13. The summed E-state index contributed by atoms with van der Waals surface area (Å²) in [6, 6.07) is 5.77. The van der Waals surface area contributed by atoms with E-state index >= 15 is 0 Å². The predicted molar refractivity (Wildman–Crippen MR) is 68.1 cm³/mol. The zero-order valence-electron chi connectivity index (χ0n) is 9.13. The van der Waals surface area contributed by atoms with Gasteiger partial charge in [0.15, 0.2) is 0 Å². The highest BCUT2D eigenvalue weighted by atomic mass is 35.5. The van der Waals surface area contributed by atoms with Crippen LogP contribution in [0.2, 0.25) is 10.0 Å². The summed E-state index contributed by atoms with van der Waals surface area (Å²) in [7, 11) is 0. The van der Waals surface area contributed by atoms with Crippen molar-refractivity contribution in [3.63, 3.8) is 0 Å². The van der Waals surface area contributed by atoms with Crippen molar-refractivity contribution in [1.29, 1.82) is 0 Å². The maximum absolute atomic E-state index is 9.72. The van der Waals surface area contributed by atoms with Gasteiger partial charge in [0, 0.05) is 0 Å². The molecule has 88 valence electrons. The van der Waals surface area contributed by atoms with Gasteiger partial charge in [0.25, 0.3) is 0 Å². The van der Waals surface area contributed by atoms with Crippen molar-refractivity contribution in [2.45, 2.75) is 38.2 Å². The van der Waals surface area contributed by atoms with E-state index in [4.69, 9.17) is 23.2 Å². The van der Waals surface area contributed by atoms with Crippen LogP contribution in [0, 0.1) is 5.92 Å². The molecule has 3 heteroatoms. The third-order valence-corrected chi connectivity index (χ3v) is 4.15. The summed E-state index contributed by atoms with van der Waals surface area (Å²) >= 11 is 11.8. The van der Waals surface area contributed by atoms with Gasteiger partial charge in [-0.15, -0.1) is 0 Å². The lowest BCUT2D eigenvalue weighted by Gasteiger charge is -2.14. The molecule has 0 radical (unpaired) electrons. The lowest BCUT2D eigenvalue weighted by atomic mass is 9.96. The van der Waals surface area contributed by atoms with E-state index in [0.29, 0.717) is 16.0 Å². The fourth-order valence-corrected chi connectivity index (χ4v) is 2.72. The molecule has 1 saturated carbocycles. The summed E-state index contributed by atoms with van der Waals surface area (Å²) in [5.74, 6) is 0.467. The highest BCUT2D eigenvalue weighted by Crippen LogP contribution is 2.30. The number of rotatable bonds is 3. The first-order chi connectivity index (χ1) is 7.66. The summed E-state index contributed by atoms with van der Waals surface area (Å²) in [6.07, 6.45) is 5.20. The minimum absolute atomic E-state index is 0.0947. The summed E-state index contributed by atoms with van der Waals surface area (Å²) in [4.78, 5) is 0. The molecule has 1 aromatic carbocycles. The molecule has 0 bridgehead atoms. The Morgan fingerprint density at radius 3 is 2.62 bits per heavy atom.